The van der Waals surface area contributed by atoms with Crippen LogP contribution in [0.1, 0.15) is 56.6 Å². The van der Waals surface area contributed by atoms with Crippen LogP contribution in [0, 0.1) is 0 Å². The Balaban J connectivity index is 1.87. The summed E-state index contributed by atoms with van der Waals surface area (Å²) in [6, 6.07) is 9.62. The minimum Gasteiger partial charge on any atom is -0.311 e. The Morgan fingerprint density at radius 1 is 1.16 bits per heavy atom. The van der Waals surface area contributed by atoms with Crippen LogP contribution < -0.4 is 5.32 Å². The van der Waals surface area contributed by atoms with Crippen LogP contribution in [0.2, 0.25) is 0 Å². The lowest BCUT2D eigenvalue weighted by Crippen LogP contribution is -2.25. The van der Waals surface area contributed by atoms with Gasteiger partial charge in [-0.15, -0.1) is 0 Å². The van der Waals surface area contributed by atoms with Crippen molar-refractivity contribution in [2.24, 2.45) is 0 Å². The predicted molar refractivity (Wildman–Crippen MR) is 84.3 cm³/mol. The molecule has 1 atom stereocenters. The highest BCUT2D eigenvalue weighted by molar-refractivity contribution is 5.50. The maximum absolute atomic E-state index is 3.60. The molecule has 0 bridgehead atoms. The van der Waals surface area contributed by atoms with Crippen LogP contribution in [0.25, 0.3) is 6.08 Å². The number of rotatable bonds is 5. The Labute approximate surface area is 118 Å². The van der Waals surface area contributed by atoms with Crippen molar-refractivity contribution >= 4 is 6.08 Å². The Morgan fingerprint density at radius 3 is 2.79 bits per heavy atom. The van der Waals surface area contributed by atoms with Crippen LogP contribution in [0.4, 0.5) is 0 Å². The maximum Gasteiger partial charge on any atom is 0.0253 e. The molecular weight excluding hydrogens is 230 g/mol. The van der Waals surface area contributed by atoms with Crippen LogP contribution in [0.5, 0.6) is 0 Å². The Hall–Kier alpha value is -1.08. The number of nitrogens with one attached hydrogen (secondary N) is 1. The molecule has 1 heterocycles. The van der Waals surface area contributed by atoms with E-state index in [0.29, 0.717) is 6.04 Å². The molecule has 0 radical (unpaired) electrons. The molecule has 0 saturated carbocycles. The number of hydrogen-bond acceptors (Lipinski definition) is 1. The van der Waals surface area contributed by atoms with Gasteiger partial charge in [0.25, 0.3) is 0 Å². The molecule has 2 rings (SSSR count). The van der Waals surface area contributed by atoms with Gasteiger partial charge in [-0.05, 0) is 43.4 Å². The molecule has 0 aromatic heterocycles. The Bertz CT molecular complexity index is 369. The van der Waals surface area contributed by atoms with E-state index in [4.69, 9.17) is 0 Å². The van der Waals surface area contributed by atoms with E-state index < -0.39 is 0 Å². The fourth-order valence-corrected chi connectivity index (χ4v) is 2.62. The highest BCUT2D eigenvalue weighted by Crippen LogP contribution is 2.12. The maximum atomic E-state index is 3.60. The van der Waals surface area contributed by atoms with Crippen molar-refractivity contribution < 1.29 is 0 Å². The van der Waals surface area contributed by atoms with Gasteiger partial charge in [-0.3, -0.25) is 0 Å². The minimum atomic E-state index is 0.572. The topological polar surface area (TPSA) is 12.0 Å². The molecule has 1 aromatic rings. The van der Waals surface area contributed by atoms with Gasteiger partial charge in [-0.2, -0.15) is 0 Å². The van der Waals surface area contributed by atoms with Crippen LogP contribution in [0.3, 0.4) is 0 Å². The lowest BCUT2D eigenvalue weighted by Gasteiger charge is -2.10. The van der Waals surface area contributed by atoms with E-state index in [1.54, 1.807) is 0 Å². The molecule has 0 aliphatic carbocycles. The van der Waals surface area contributed by atoms with Gasteiger partial charge in [-0.25, -0.2) is 0 Å². The third-order valence-corrected chi connectivity index (χ3v) is 3.92. The SMILES string of the molecule is CCCCc1ccc(/C=C/C2CCCCCN2)cc1. The molecule has 1 heteroatoms. The largest absolute Gasteiger partial charge is 0.311 e. The first-order valence-electron chi connectivity index (χ1n) is 7.89. The molecule has 1 N–H and O–H groups in total. The van der Waals surface area contributed by atoms with Gasteiger partial charge >= 0.3 is 0 Å². The molecule has 19 heavy (non-hydrogen) atoms. The van der Waals surface area contributed by atoms with Crippen molar-refractivity contribution in [1.82, 2.24) is 5.32 Å². The van der Waals surface area contributed by atoms with Crippen LogP contribution >= 0.6 is 0 Å². The van der Waals surface area contributed by atoms with E-state index in [1.165, 1.54) is 62.6 Å². The molecule has 104 valence electrons. The number of aryl methyl sites for hydroxylation is 1. The molecule has 1 aromatic carbocycles. The minimum absolute atomic E-state index is 0.572. The van der Waals surface area contributed by atoms with Gasteiger partial charge in [0, 0.05) is 6.04 Å². The standard InChI is InChI=1S/C18H27N/c1-2-3-7-16-9-11-17(12-10-16)13-14-18-8-5-4-6-15-19-18/h9-14,18-19H,2-8,15H2,1H3/b14-13+. The number of unbranched alkanes of at least 4 members (excludes halogenated alkanes) is 1. The summed E-state index contributed by atoms with van der Waals surface area (Å²) in [7, 11) is 0. The zero-order valence-electron chi connectivity index (χ0n) is 12.2. The highest BCUT2D eigenvalue weighted by Gasteiger charge is 2.07. The molecule has 1 saturated heterocycles. The summed E-state index contributed by atoms with van der Waals surface area (Å²) in [5, 5.41) is 3.60. The van der Waals surface area contributed by atoms with E-state index >= 15 is 0 Å². The van der Waals surface area contributed by atoms with E-state index in [0.717, 1.165) is 0 Å². The average molecular weight is 257 g/mol. The Kier molecular flexibility index (Phi) is 6.16. The van der Waals surface area contributed by atoms with Crippen molar-refractivity contribution in [3.8, 4) is 0 Å². The van der Waals surface area contributed by atoms with Gasteiger partial charge in [0.05, 0.1) is 0 Å². The smallest absolute Gasteiger partial charge is 0.0253 e. The second-order valence-electron chi connectivity index (χ2n) is 5.61. The first-order valence-corrected chi connectivity index (χ1v) is 7.89. The second kappa shape index (κ2) is 8.16. The van der Waals surface area contributed by atoms with E-state index in [9.17, 15) is 0 Å². The van der Waals surface area contributed by atoms with Gasteiger partial charge in [-0.1, -0.05) is 62.6 Å². The lowest BCUT2D eigenvalue weighted by molar-refractivity contribution is 0.599. The summed E-state index contributed by atoms with van der Waals surface area (Å²) < 4.78 is 0. The zero-order valence-corrected chi connectivity index (χ0v) is 12.2. The first kappa shape index (κ1) is 14.3. The van der Waals surface area contributed by atoms with Gasteiger partial charge in [0.2, 0.25) is 0 Å². The molecule has 0 spiro atoms. The van der Waals surface area contributed by atoms with E-state index in [-0.39, 0.29) is 0 Å². The predicted octanol–water partition coefficient (Wildman–Crippen LogP) is 4.57. The van der Waals surface area contributed by atoms with Crippen molar-refractivity contribution in [2.75, 3.05) is 6.54 Å². The number of benzene rings is 1. The third kappa shape index (κ3) is 5.20. The fourth-order valence-electron chi connectivity index (χ4n) is 2.62. The molecule has 1 nitrogen and oxygen atoms in total. The van der Waals surface area contributed by atoms with Gasteiger partial charge in [0.15, 0.2) is 0 Å². The summed E-state index contributed by atoms with van der Waals surface area (Å²) >= 11 is 0. The van der Waals surface area contributed by atoms with Crippen LogP contribution in [-0.4, -0.2) is 12.6 Å². The van der Waals surface area contributed by atoms with Gasteiger partial charge < -0.3 is 5.32 Å². The van der Waals surface area contributed by atoms with Crippen molar-refractivity contribution in [3.05, 3.63) is 41.5 Å². The summed E-state index contributed by atoms with van der Waals surface area (Å²) in [6.45, 7) is 3.42. The van der Waals surface area contributed by atoms with Crippen LogP contribution in [-0.2, 0) is 6.42 Å². The molecule has 1 unspecified atom stereocenters. The summed E-state index contributed by atoms with van der Waals surface area (Å²) in [5.74, 6) is 0. The number of hydrogen-bond donors (Lipinski definition) is 1. The fraction of sp³-hybridized carbons (Fsp3) is 0.556. The Morgan fingerprint density at radius 2 is 2.00 bits per heavy atom. The van der Waals surface area contributed by atoms with Crippen molar-refractivity contribution in [2.45, 2.75) is 57.9 Å². The van der Waals surface area contributed by atoms with Gasteiger partial charge in [0.1, 0.15) is 0 Å². The van der Waals surface area contributed by atoms with Crippen molar-refractivity contribution in [1.29, 1.82) is 0 Å². The summed E-state index contributed by atoms with van der Waals surface area (Å²) in [5.41, 5.74) is 2.79. The lowest BCUT2D eigenvalue weighted by atomic mass is 10.0. The molecule has 1 fully saturated rings. The van der Waals surface area contributed by atoms with E-state index in [1.807, 2.05) is 0 Å². The molecular formula is C18H27N. The second-order valence-corrected chi connectivity index (χ2v) is 5.61. The normalized spacial score (nSPS) is 20.6. The quantitative estimate of drug-likeness (QED) is 0.814. The summed E-state index contributed by atoms with van der Waals surface area (Å²) in [4.78, 5) is 0. The van der Waals surface area contributed by atoms with Crippen LogP contribution in [0.15, 0.2) is 30.3 Å². The van der Waals surface area contributed by atoms with E-state index in [2.05, 4.69) is 48.7 Å². The highest BCUT2D eigenvalue weighted by atomic mass is 14.9. The van der Waals surface area contributed by atoms with Crippen molar-refractivity contribution in [3.63, 3.8) is 0 Å². The molecule has 1 aliphatic heterocycles. The third-order valence-electron chi connectivity index (χ3n) is 3.92. The summed E-state index contributed by atoms with van der Waals surface area (Å²) in [6.07, 6.45) is 13.7. The zero-order chi connectivity index (χ0) is 13.3. The first-order chi connectivity index (χ1) is 9.38. The monoisotopic (exact) mass is 257 g/mol. The molecule has 1 aliphatic rings. The average Bonchev–Trinajstić information content (AvgIpc) is 2.72. The molecule has 0 amide bonds.